The lowest BCUT2D eigenvalue weighted by molar-refractivity contribution is -0.00257. The molecule has 0 bridgehead atoms. The predicted molar refractivity (Wildman–Crippen MR) is 116 cm³/mol. The summed E-state index contributed by atoms with van der Waals surface area (Å²) in [7, 11) is 0. The third-order valence-electron chi connectivity index (χ3n) is 6.16. The maximum absolute atomic E-state index is 12.7. The van der Waals surface area contributed by atoms with Crippen molar-refractivity contribution in [2.75, 3.05) is 0 Å². The van der Waals surface area contributed by atoms with Crippen LogP contribution in [0, 0.1) is 12.8 Å². The molecule has 5 nitrogen and oxygen atoms in total. The number of nitrogens with zero attached hydrogens (tertiary/aromatic N) is 1. The largest absolute Gasteiger partial charge is 0.390 e. The van der Waals surface area contributed by atoms with Crippen LogP contribution in [0.3, 0.4) is 0 Å². The quantitative estimate of drug-likeness (QED) is 0.608. The maximum atomic E-state index is 12.7. The van der Waals surface area contributed by atoms with Gasteiger partial charge in [0.05, 0.1) is 11.3 Å². The molecule has 2 heterocycles. The molecule has 2 aromatic heterocycles. The van der Waals surface area contributed by atoms with Gasteiger partial charge in [0.2, 0.25) is 0 Å². The highest BCUT2D eigenvalue weighted by atomic mass is 16.3. The molecule has 1 aliphatic rings. The maximum Gasteiger partial charge on any atom is 0.251 e. The SMILES string of the molecule is Cc1cc2[nH]ccc2c(-c2ccc(C(=O)N[C@H]3CC[C@H](C(C)(C)O)CC3)cc2)n1. The van der Waals surface area contributed by atoms with E-state index in [2.05, 4.69) is 10.3 Å². The van der Waals surface area contributed by atoms with Gasteiger partial charge in [0, 0.05) is 40.0 Å². The number of aliphatic hydroxyl groups is 1. The van der Waals surface area contributed by atoms with Crippen LogP contribution in [0.2, 0.25) is 0 Å². The molecule has 1 saturated carbocycles. The molecule has 0 unspecified atom stereocenters. The van der Waals surface area contributed by atoms with E-state index in [1.165, 1.54) is 0 Å². The predicted octanol–water partition coefficient (Wildman–Crippen LogP) is 4.60. The van der Waals surface area contributed by atoms with E-state index in [0.717, 1.165) is 53.5 Å². The van der Waals surface area contributed by atoms with Crippen LogP contribution in [-0.4, -0.2) is 32.6 Å². The van der Waals surface area contributed by atoms with Gasteiger partial charge in [-0.05, 0) is 76.6 Å². The number of aromatic nitrogens is 2. The average Bonchev–Trinajstić information content (AvgIpc) is 3.15. The lowest BCUT2D eigenvalue weighted by atomic mass is 9.77. The lowest BCUT2D eigenvalue weighted by Crippen LogP contribution is -2.41. The molecule has 0 spiro atoms. The Kier molecular flexibility index (Phi) is 5.17. The number of pyridine rings is 1. The Morgan fingerprint density at radius 1 is 1.14 bits per heavy atom. The van der Waals surface area contributed by atoms with Gasteiger partial charge in [0.1, 0.15) is 0 Å². The van der Waals surface area contributed by atoms with Crippen molar-refractivity contribution in [3.63, 3.8) is 0 Å². The molecule has 5 heteroatoms. The first-order valence-corrected chi connectivity index (χ1v) is 10.4. The summed E-state index contributed by atoms with van der Waals surface area (Å²) in [5.41, 5.74) is 3.98. The number of H-pyrrole nitrogens is 1. The molecule has 0 aliphatic heterocycles. The molecule has 0 radical (unpaired) electrons. The van der Waals surface area contributed by atoms with E-state index in [0.29, 0.717) is 11.5 Å². The van der Waals surface area contributed by atoms with Crippen LogP contribution in [0.1, 0.15) is 55.6 Å². The van der Waals surface area contributed by atoms with Gasteiger partial charge in [-0.1, -0.05) is 12.1 Å². The fourth-order valence-corrected chi connectivity index (χ4v) is 4.40. The van der Waals surface area contributed by atoms with E-state index in [-0.39, 0.29) is 11.9 Å². The van der Waals surface area contributed by atoms with Gasteiger partial charge in [0.25, 0.3) is 5.91 Å². The third-order valence-corrected chi connectivity index (χ3v) is 6.16. The molecule has 3 N–H and O–H groups in total. The van der Waals surface area contributed by atoms with E-state index in [9.17, 15) is 9.90 Å². The van der Waals surface area contributed by atoms with Gasteiger partial charge in [-0.15, -0.1) is 0 Å². The number of benzene rings is 1. The average molecular weight is 392 g/mol. The zero-order chi connectivity index (χ0) is 20.6. The van der Waals surface area contributed by atoms with Gasteiger partial charge >= 0.3 is 0 Å². The van der Waals surface area contributed by atoms with Crippen molar-refractivity contribution in [1.82, 2.24) is 15.3 Å². The summed E-state index contributed by atoms with van der Waals surface area (Å²) in [6.45, 7) is 5.74. The molecule has 0 atom stereocenters. The van der Waals surface area contributed by atoms with Gasteiger partial charge in [-0.25, -0.2) is 0 Å². The van der Waals surface area contributed by atoms with Crippen molar-refractivity contribution in [3.8, 4) is 11.3 Å². The number of aryl methyl sites for hydroxylation is 1. The summed E-state index contributed by atoms with van der Waals surface area (Å²) in [6, 6.07) is 11.9. The van der Waals surface area contributed by atoms with Gasteiger partial charge in [0.15, 0.2) is 0 Å². The molecule has 152 valence electrons. The van der Waals surface area contributed by atoms with E-state index >= 15 is 0 Å². The van der Waals surface area contributed by atoms with Gasteiger partial charge in [-0.2, -0.15) is 0 Å². The van der Waals surface area contributed by atoms with Crippen LogP contribution in [0.5, 0.6) is 0 Å². The van der Waals surface area contributed by atoms with Crippen molar-refractivity contribution in [2.45, 2.75) is 58.1 Å². The Balaban J connectivity index is 1.44. The van der Waals surface area contributed by atoms with E-state index in [1.54, 1.807) is 0 Å². The molecule has 3 aromatic rings. The van der Waals surface area contributed by atoms with Gasteiger partial charge in [-0.3, -0.25) is 9.78 Å². The Morgan fingerprint density at radius 3 is 2.48 bits per heavy atom. The fraction of sp³-hybridized carbons (Fsp3) is 0.417. The van der Waals surface area contributed by atoms with Crippen molar-refractivity contribution >= 4 is 16.8 Å². The summed E-state index contributed by atoms with van der Waals surface area (Å²) >= 11 is 0. The summed E-state index contributed by atoms with van der Waals surface area (Å²) < 4.78 is 0. The highest BCUT2D eigenvalue weighted by molar-refractivity contribution is 5.96. The number of hydrogen-bond donors (Lipinski definition) is 3. The van der Waals surface area contributed by atoms with Crippen molar-refractivity contribution < 1.29 is 9.90 Å². The Hall–Kier alpha value is -2.66. The van der Waals surface area contributed by atoms with Crippen molar-refractivity contribution in [1.29, 1.82) is 0 Å². The van der Waals surface area contributed by atoms with Crippen LogP contribution in [0.4, 0.5) is 0 Å². The Morgan fingerprint density at radius 2 is 1.83 bits per heavy atom. The highest BCUT2D eigenvalue weighted by Crippen LogP contribution is 2.32. The lowest BCUT2D eigenvalue weighted by Gasteiger charge is -2.36. The van der Waals surface area contributed by atoms with Crippen LogP contribution < -0.4 is 5.32 Å². The third kappa shape index (κ3) is 4.20. The summed E-state index contributed by atoms with van der Waals surface area (Å²) in [4.78, 5) is 20.6. The number of nitrogens with one attached hydrogen (secondary N) is 2. The Bertz CT molecular complexity index is 1010. The fourth-order valence-electron chi connectivity index (χ4n) is 4.40. The molecular weight excluding hydrogens is 362 g/mol. The standard InChI is InChI=1S/C24H29N3O2/c1-15-14-21-20(12-13-25-21)22(26-15)16-4-6-17(7-5-16)23(28)27-19-10-8-18(9-11-19)24(2,3)29/h4-7,12-14,18-19,25,29H,8-11H2,1-3H3,(H,27,28)/t18-,19-. The van der Waals surface area contributed by atoms with Crippen LogP contribution >= 0.6 is 0 Å². The van der Waals surface area contributed by atoms with Gasteiger partial charge < -0.3 is 15.4 Å². The Labute approximate surface area is 171 Å². The highest BCUT2D eigenvalue weighted by Gasteiger charge is 2.31. The second-order valence-corrected chi connectivity index (χ2v) is 8.80. The zero-order valence-corrected chi connectivity index (χ0v) is 17.3. The molecule has 1 amide bonds. The smallest absolute Gasteiger partial charge is 0.251 e. The molecule has 1 fully saturated rings. The second-order valence-electron chi connectivity index (χ2n) is 8.80. The monoisotopic (exact) mass is 391 g/mol. The molecular formula is C24H29N3O2. The van der Waals surface area contributed by atoms with E-state index in [4.69, 9.17) is 4.98 Å². The minimum absolute atomic E-state index is 0.0350. The number of rotatable bonds is 4. The number of carbonyl (C=O) groups is 1. The molecule has 1 aromatic carbocycles. The number of carbonyl (C=O) groups excluding carboxylic acids is 1. The number of aromatic amines is 1. The van der Waals surface area contributed by atoms with Crippen molar-refractivity contribution in [3.05, 3.63) is 53.9 Å². The summed E-state index contributed by atoms with van der Waals surface area (Å²) in [5.74, 6) is 0.272. The molecule has 0 saturated heterocycles. The van der Waals surface area contributed by atoms with Crippen LogP contribution in [0.15, 0.2) is 42.6 Å². The number of fused-ring (bicyclic) bond motifs is 1. The molecule has 4 rings (SSSR count). The van der Waals surface area contributed by atoms with Crippen LogP contribution in [0.25, 0.3) is 22.2 Å². The molecule has 1 aliphatic carbocycles. The topological polar surface area (TPSA) is 78.0 Å². The van der Waals surface area contributed by atoms with E-state index < -0.39 is 5.60 Å². The normalized spacial score (nSPS) is 20.0. The van der Waals surface area contributed by atoms with E-state index in [1.807, 2.05) is 63.4 Å². The first-order chi connectivity index (χ1) is 13.8. The zero-order valence-electron chi connectivity index (χ0n) is 17.3. The molecule has 29 heavy (non-hydrogen) atoms. The minimum atomic E-state index is -0.639. The summed E-state index contributed by atoms with van der Waals surface area (Å²) in [5, 5.41) is 14.4. The van der Waals surface area contributed by atoms with Crippen LogP contribution in [-0.2, 0) is 0 Å². The number of hydrogen-bond acceptors (Lipinski definition) is 3. The number of amides is 1. The minimum Gasteiger partial charge on any atom is -0.390 e. The first-order valence-electron chi connectivity index (χ1n) is 10.4. The second kappa shape index (κ2) is 7.64. The summed E-state index contributed by atoms with van der Waals surface area (Å²) in [6.07, 6.45) is 5.64. The van der Waals surface area contributed by atoms with Crippen molar-refractivity contribution in [2.24, 2.45) is 5.92 Å². The first kappa shape index (κ1) is 19.6.